The van der Waals surface area contributed by atoms with Crippen molar-refractivity contribution in [1.29, 1.82) is 0 Å². The van der Waals surface area contributed by atoms with E-state index >= 15 is 0 Å². The van der Waals surface area contributed by atoms with E-state index in [1.54, 1.807) is 19.1 Å². The zero-order valence-corrected chi connectivity index (χ0v) is 14.8. The van der Waals surface area contributed by atoms with E-state index in [1.165, 1.54) is 23.4 Å². The molecule has 0 saturated carbocycles. The molecule has 0 saturated heterocycles. The minimum atomic E-state index is -0.312. The highest BCUT2D eigenvalue weighted by Gasteiger charge is 2.13. The monoisotopic (exact) mass is 331 g/mol. The van der Waals surface area contributed by atoms with Crippen LogP contribution in [0.2, 0.25) is 0 Å². The van der Waals surface area contributed by atoms with Gasteiger partial charge in [0.15, 0.2) is 0 Å². The Kier molecular flexibility index (Phi) is 5.47. The molecule has 0 unspecified atom stereocenters. The SMILES string of the molecule is Cc1ccc(NC(=O)CSc2ccc(C(C)(C)C)cc2)cc1F. The molecule has 2 aromatic carbocycles. The maximum absolute atomic E-state index is 13.5. The normalized spacial score (nSPS) is 11.3. The lowest BCUT2D eigenvalue weighted by Gasteiger charge is -2.19. The molecule has 4 heteroatoms. The highest BCUT2D eigenvalue weighted by molar-refractivity contribution is 8.00. The minimum Gasteiger partial charge on any atom is -0.325 e. The van der Waals surface area contributed by atoms with Crippen LogP contribution in [0.5, 0.6) is 0 Å². The van der Waals surface area contributed by atoms with Crippen LogP contribution in [0.1, 0.15) is 31.9 Å². The van der Waals surface area contributed by atoms with Crippen LogP contribution in [-0.4, -0.2) is 11.7 Å². The van der Waals surface area contributed by atoms with Gasteiger partial charge in [-0.25, -0.2) is 4.39 Å². The van der Waals surface area contributed by atoms with Crippen LogP contribution in [0.3, 0.4) is 0 Å². The summed E-state index contributed by atoms with van der Waals surface area (Å²) in [5.41, 5.74) is 2.44. The molecule has 0 atom stereocenters. The van der Waals surface area contributed by atoms with Crippen LogP contribution in [-0.2, 0) is 10.2 Å². The molecule has 2 rings (SSSR count). The lowest BCUT2D eigenvalue weighted by molar-refractivity contribution is -0.113. The van der Waals surface area contributed by atoms with Gasteiger partial charge in [-0.3, -0.25) is 4.79 Å². The van der Waals surface area contributed by atoms with Crippen LogP contribution in [0.25, 0.3) is 0 Å². The number of amides is 1. The molecule has 0 aliphatic rings. The van der Waals surface area contributed by atoms with E-state index in [9.17, 15) is 9.18 Å². The van der Waals surface area contributed by atoms with Crippen molar-refractivity contribution in [3.8, 4) is 0 Å². The van der Waals surface area contributed by atoms with Crippen molar-refractivity contribution in [3.05, 3.63) is 59.4 Å². The number of carbonyl (C=O) groups excluding carboxylic acids is 1. The predicted octanol–water partition coefficient (Wildman–Crippen LogP) is 5.16. The Labute approximate surface area is 141 Å². The number of hydrogen-bond acceptors (Lipinski definition) is 2. The number of nitrogens with one attached hydrogen (secondary N) is 1. The second-order valence-electron chi connectivity index (χ2n) is 6.58. The smallest absolute Gasteiger partial charge is 0.234 e. The fourth-order valence-electron chi connectivity index (χ4n) is 2.07. The zero-order valence-electron chi connectivity index (χ0n) is 13.9. The summed E-state index contributed by atoms with van der Waals surface area (Å²) >= 11 is 1.47. The van der Waals surface area contributed by atoms with Crippen molar-refractivity contribution in [2.24, 2.45) is 0 Å². The van der Waals surface area contributed by atoms with E-state index < -0.39 is 0 Å². The van der Waals surface area contributed by atoms with Gasteiger partial charge in [0.25, 0.3) is 0 Å². The third-order valence-electron chi connectivity index (χ3n) is 3.55. The first-order valence-corrected chi connectivity index (χ1v) is 8.53. The Bertz CT molecular complexity index is 690. The summed E-state index contributed by atoms with van der Waals surface area (Å²) in [5, 5.41) is 2.72. The van der Waals surface area contributed by atoms with E-state index in [0.29, 0.717) is 17.0 Å². The maximum atomic E-state index is 13.5. The Morgan fingerprint density at radius 1 is 1.13 bits per heavy atom. The second-order valence-corrected chi connectivity index (χ2v) is 7.62. The standard InChI is InChI=1S/C19H22FNOS/c1-13-5-8-15(11-17(13)20)21-18(22)12-23-16-9-6-14(7-10-16)19(2,3)4/h5-11H,12H2,1-4H3,(H,21,22). The molecule has 122 valence electrons. The van der Waals surface area contributed by atoms with Gasteiger partial charge in [-0.15, -0.1) is 11.8 Å². The number of anilines is 1. The summed E-state index contributed by atoms with van der Waals surface area (Å²) in [4.78, 5) is 13.0. The molecular weight excluding hydrogens is 309 g/mol. The van der Waals surface area contributed by atoms with Crippen molar-refractivity contribution in [2.45, 2.75) is 38.0 Å². The Balaban J connectivity index is 1.90. The fraction of sp³-hybridized carbons (Fsp3) is 0.316. The first-order chi connectivity index (χ1) is 10.8. The molecule has 2 aromatic rings. The molecule has 0 aliphatic heterocycles. The highest BCUT2D eigenvalue weighted by atomic mass is 32.2. The van der Waals surface area contributed by atoms with Gasteiger partial charge in [0, 0.05) is 10.6 Å². The lowest BCUT2D eigenvalue weighted by atomic mass is 9.87. The summed E-state index contributed by atoms with van der Waals surface area (Å²) in [6.07, 6.45) is 0. The first kappa shape index (κ1) is 17.5. The summed E-state index contributed by atoms with van der Waals surface area (Å²) in [7, 11) is 0. The number of thioether (sulfide) groups is 1. The quantitative estimate of drug-likeness (QED) is 0.784. The second kappa shape index (κ2) is 7.18. The number of carbonyl (C=O) groups is 1. The maximum Gasteiger partial charge on any atom is 0.234 e. The summed E-state index contributed by atoms with van der Waals surface area (Å²) in [5.74, 6) is -0.156. The summed E-state index contributed by atoms with van der Waals surface area (Å²) in [6, 6.07) is 13.0. The zero-order chi connectivity index (χ0) is 17.0. The first-order valence-electron chi connectivity index (χ1n) is 7.55. The van der Waals surface area contributed by atoms with E-state index in [-0.39, 0.29) is 17.1 Å². The summed E-state index contributed by atoms with van der Waals surface area (Å²) < 4.78 is 13.5. The third kappa shape index (κ3) is 5.10. The highest BCUT2D eigenvalue weighted by Crippen LogP contribution is 2.25. The molecule has 0 spiro atoms. The van der Waals surface area contributed by atoms with Crippen molar-refractivity contribution in [1.82, 2.24) is 0 Å². The van der Waals surface area contributed by atoms with Crippen LogP contribution < -0.4 is 5.32 Å². The van der Waals surface area contributed by atoms with Gasteiger partial charge in [-0.05, 0) is 47.7 Å². The topological polar surface area (TPSA) is 29.1 Å². The van der Waals surface area contributed by atoms with Crippen LogP contribution in [0.4, 0.5) is 10.1 Å². The summed E-state index contributed by atoms with van der Waals surface area (Å²) in [6.45, 7) is 8.20. The number of hydrogen-bond donors (Lipinski definition) is 1. The number of aryl methyl sites for hydroxylation is 1. The van der Waals surface area contributed by atoms with Crippen LogP contribution in [0.15, 0.2) is 47.4 Å². The lowest BCUT2D eigenvalue weighted by Crippen LogP contribution is -2.14. The molecular formula is C19H22FNOS. The molecule has 0 radical (unpaired) electrons. The molecule has 0 aromatic heterocycles. The van der Waals surface area contributed by atoms with Crippen molar-refractivity contribution in [2.75, 3.05) is 11.1 Å². The van der Waals surface area contributed by atoms with E-state index in [4.69, 9.17) is 0 Å². The van der Waals surface area contributed by atoms with Gasteiger partial charge in [0.1, 0.15) is 5.82 Å². The van der Waals surface area contributed by atoms with E-state index in [0.717, 1.165) is 4.90 Å². The molecule has 0 fully saturated rings. The third-order valence-corrected chi connectivity index (χ3v) is 4.56. The van der Waals surface area contributed by atoms with Gasteiger partial charge in [0.2, 0.25) is 5.91 Å². The van der Waals surface area contributed by atoms with Gasteiger partial charge < -0.3 is 5.32 Å². The fourth-order valence-corrected chi connectivity index (χ4v) is 2.77. The number of rotatable bonds is 4. The average Bonchev–Trinajstić information content (AvgIpc) is 2.48. The average molecular weight is 331 g/mol. The van der Waals surface area contributed by atoms with Gasteiger partial charge >= 0.3 is 0 Å². The minimum absolute atomic E-state index is 0.121. The van der Waals surface area contributed by atoms with Crippen LogP contribution in [0, 0.1) is 12.7 Å². The van der Waals surface area contributed by atoms with Gasteiger partial charge in [-0.1, -0.05) is 39.0 Å². The molecule has 1 N–H and O–H groups in total. The number of benzene rings is 2. The predicted molar refractivity (Wildman–Crippen MR) is 95.6 cm³/mol. The molecule has 0 bridgehead atoms. The largest absolute Gasteiger partial charge is 0.325 e. The van der Waals surface area contributed by atoms with Crippen molar-refractivity contribution < 1.29 is 9.18 Å². The Hall–Kier alpha value is -1.81. The van der Waals surface area contributed by atoms with E-state index in [2.05, 4.69) is 38.2 Å². The van der Waals surface area contributed by atoms with Crippen molar-refractivity contribution >= 4 is 23.4 Å². The van der Waals surface area contributed by atoms with Crippen LogP contribution >= 0.6 is 11.8 Å². The van der Waals surface area contributed by atoms with Gasteiger partial charge in [0.05, 0.1) is 5.75 Å². The number of halogens is 1. The molecule has 1 amide bonds. The molecule has 0 aliphatic carbocycles. The van der Waals surface area contributed by atoms with E-state index in [1.807, 2.05) is 12.1 Å². The van der Waals surface area contributed by atoms with Crippen molar-refractivity contribution in [3.63, 3.8) is 0 Å². The molecule has 2 nitrogen and oxygen atoms in total. The molecule has 0 heterocycles. The molecule has 23 heavy (non-hydrogen) atoms. The Morgan fingerprint density at radius 2 is 1.78 bits per heavy atom. The Morgan fingerprint density at radius 3 is 2.35 bits per heavy atom. The van der Waals surface area contributed by atoms with Gasteiger partial charge in [-0.2, -0.15) is 0 Å².